The van der Waals surface area contributed by atoms with Crippen molar-refractivity contribution in [2.75, 3.05) is 0 Å². The summed E-state index contributed by atoms with van der Waals surface area (Å²) in [7, 11) is 0. The lowest BCUT2D eigenvalue weighted by molar-refractivity contribution is 0.436. The highest BCUT2D eigenvalue weighted by Gasteiger charge is 2.54. The molecule has 130 heavy (non-hydrogen) atoms. The molecule has 0 amide bonds. The number of para-hydroxylation sites is 6. The average Bonchev–Trinajstić information content (AvgIpc) is 1.50. The Hall–Kier alpha value is -16.9. The van der Waals surface area contributed by atoms with Gasteiger partial charge in [-0.2, -0.15) is 0 Å². The van der Waals surface area contributed by atoms with Crippen LogP contribution in [0.2, 0.25) is 0 Å². The van der Waals surface area contributed by atoms with Gasteiger partial charge in [0.15, 0.2) is 11.6 Å². The lowest BCUT2D eigenvalue weighted by atomic mass is 9.65. The van der Waals surface area contributed by atoms with Gasteiger partial charge in [0.1, 0.15) is 34.2 Å². The molecule has 8 heterocycles. The first-order valence-corrected chi connectivity index (χ1v) is 44.9. The van der Waals surface area contributed by atoms with Crippen LogP contribution in [0.4, 0.5) is 0 Å². The van der Waals surface area contributed by atoms with Crippen LogP contribution in [0, 0.1) is 0 Å². The Balaban J connectivity index is 0.619. The largest absolute Gasteiger partial charge is 0.457 e. The maximum Gasteiger partial charge on any atom is 0.160 e. The first kappa shape index (κ1) is 72.4. The van der Waals surface area contributed by atoms with Crippen molar-refractivity contribution in [2.45, 2.75) is 10.8 Å². The van der Waals surface area contributed by atoms with E-state index in [9.17, 15) is 0 Å². The highest BCUT2D eigenvalue weighted by atomic mass is 32.1. The van der Waals surface area contributed by atoms with Crippen LogP contribution >= 0.6 is 11.3 Å². The van der Waals surface area contributed by atoms with E-state index >= 15 is 0 Å². The minimum Gasteiger partial charge on any atom is -0.457 e. The lowest BCUT2D eigenvalue weighted by Crippen LogP contribution is -2.32. The summed E-state index contributed by atoms with van der Waals surface area (Å²) in [5.41, 5.74) is 30.3. The zero-order valence-corrected chi connectivity index (χ0v) is 70.4. The summed E-state index contributed by atoms with van der Waals surface area (Å²) < 4.78 is 23.4. The number of thiophene rings is 1. The Bertz CT molecular complexity index is 8970. The normalized spacial score (nSPS) is 14.1. The van der Waals surface area contributed by atoms with Crippen molar-refractivity contribution in [2.24, 2.45) is 0 Å². The number of fused-ring (bicyclic) bond motifs is 32. The summed E-state index contributed by atoms with van der Waals surface area (Å²) in [6, 6.07) is 148. The van der Waals surface area contributed by atoms with Crippen LogP contribution in [0.3, 0.4) is 0 Å². The van der Waals surface area contributed by atoms with Gasteiger partial charge >= 0.3 is 0 Å². The number of pyridine rings is 2. The summed E-state index contributed by atoms with van der Waals surface area (Å²) >= 11 is 1.81. The molecule has 0 radical (unpaired) electrons. The van der Waals surface area contributed by atoms with E-state index in [2.05, 4.69) is 364 Å². The summed E-state index contributed by atoms with van der Waals surface area (Å²) in [5, 5.41) is 11.0. The van der Waals surface area contributed by atoms with Crippen LogP contribution in [0.15, 0.2) is 417 Å². The van der Waals surface area contributed by atoms with Crippen LogP contribution in [0.1, 0.15) is 44.5 Å². The molecule has 1 unspecified atom stereocenters. The molecule has 24 aromatic rings. The molecule has 0 fully saturated rings. The molecule has 10 heteroatoms. The maximum absolute atomic E-state index is 7.62. The van der Waals surface area contributed by atoms with E-state index in [0.29, 0.717) is 11.6 Å². The predicted molar refractivity (Wildman–Crippen MR) is 527 cm³/mol. The Morgan fingerprint density at radius 1 is 0.223 bits per heavy atom. The maximum atomic E-state index is 7.62. The highest BCUT2D eigenvalue weighted by Crippen LogP contribution is 2.67. The van der Waals surface area contributed by atoms with E-state index in [1.807, 2.05) is 59.9 Å². The van der Waals surface area contributed by atoms with Gasteiger partial charge in [0, 0.05) is 136 Å². The first-order chi connectivity index (χ1) is 64.4. The fourth-order valence-corrected chi connectivity index (χ4v) is 23.4. The molecule has 0 bridgehead atoms. The fraction of sp³-hybridized carbons (Fsp3) is 0.0167. The second-order valence-corrected chi connectivity index (χ2v) is 35.4. The quantitative estimate of drug-likeness (QED) is 0.131. The van der Waals surface area contributed by atoms with Crippen LogP contribution in [0.5, 0.6) is 23.0 Å². The topological polar surface area (TPSA) is 109 Å². The van der Waals surface area contributed by atoms with Gasteiger partial charge in [-0.3, -0.25) is 0 Å². The molecule has 4 aliphatic rings. The highest BCUT2D eigenvalue weighted by molar-refractivity contribution is 7.26. The van der Waals surface area contributed by atoms with E-state index in [0.717, 1.165) is 206 Å². The van der Waals surface area contributed by atoms with Gasteiger partial charge in [-0.25, -0.2) is 29.9 Å². The van der Waals surface area contributed by atoms with Crippen molar-refractivity contribution in [3.8, 4) is 147 Å². The number of hydrogen-bond acceptors (Lipinski definition) is 10. The van der Waals surface area contributed by atoms with Gasteiger partial charge in [0.05, 0.1) is 56.0 Å². The molecule has 0 saturated heterocycles. The lowest BCUT2D eigenvalue weighted by Gasteiger charge is -2.40. The van der Waals surface area contributed by atoms with Crippen LogP contribution in [0.25, 0.3) is 209 Å². The number of hydrogen-bond donors (Lipinski definition) is 0. The summed E-state index contributed by atoms with van der Waals surface area (Å²) in [4.78, 5) is 33.0. The molecule has 28 rings (SSSR count). The van der Waals surface area contributed by atoms with Gasteiger partial charge < -0.3 is 13.9 Å². The second kappa shape index (κ2) is 27.8. The molecule has 602 valence electrons. The van der Waals surface area contributed by atoms with Gasteiger partial charge in [-0.15, -0.1) is 11.3 Å². The smallest absolute Gasteiger partial charge is 0.160 e. The Morgan fingerprint density at radius 2 is 0.646 bits per heavy atom. The number of ether oxygens (including phenoxy) is 2. The Morgan fingerprint density at radius 3 is 1.28 bits per heavy atom. The molecule has 6 aromatic heterocycles. The van der Waals surface area contributed by atoms with Crippen molar-refractivity contribution in [3.63, 3.8) is 0 Å². The van der Waals surface area contributed by atoms with Gasteiger partial charge in [-0.1, -0.05) is 352 Å². The van der Waals surface area contributed by atoms with Crippen molar-refractivity contribution in [1.29, 1.82) is 0 Å². The molecule has 2 aliphatic heterocycles. The molecule has 1 atom stereocenters. The summed E-state index contributed by atoms with van der Waals surface area (Å²) in [6.07, 6.45) is 0. The van der Waals surface area contributed by atoms with Crippen LogP contribution in [-0.4, -0.2) is 29.9 Å². The zero-order chi connectivity index (χ0) is 85.0. The fourth-order valence-electron chi connectivity index (χ4n) is 22.2. The van der Waals surface area contributed by atoms with E-state index < -0.39 is 10.8 Å². The van der Waals surface area contributed by atoms with E-state index in [1.165, 1.54) is 59.1 Å². The molecule has 2 spiro atoms. The van der Waals surface area contributed by atoms with Gasteiger partial charge in [0.25, 0.3) is 0 Å². The zero-order valence-electron chi connectivity index (χ0n) is 69.6. The second-order valence-electron chi connectivity index (χ2n) is 34.3. The number of nitrogens with zero attached hydrogens (tertiary/aromatic N) is 6. The molecular weight excluding hydrogens is 1610 g/mol. The summed E-state index contributed by atoms with van der Waals surface area (Å²) in [5.74, 6) is 4.56. The average molecular weight is 1670 g/mol. The van der Waals surface area contributed by atoms with Crippen molar-refractivity contribution >= 4 is 96.8 Å². The Kier molecular flexibility index (Phi) is 15.5. The SMILES string of the molecule is c1ccc(-c2nc(-c3ccc(-c4nc5ccccc5c5c6c(ccc45)C4(c5ccccc5Oc5c(-c7ccc8c(c7)nc(-c7ccc(-c9cc(-c%10cccc%11oc%12ccccc%12c%10%11)nc(-c%10ccccc%10)n9)cc7)c7ccc9c(c78)-c7ccccc7C97c8ccccc8Oc8ccccc87)cccc54)c4ccccc4-6)cc3)cc(-c3cccc4c3sc3ccccc34)n2)cc1. The number of aromatic nitrogens is 6. The third-order valence-corrected chi connectivity index (χ3v) is 28.9. The minimum atomic E-state index is -0.848. The minimum absolute atomic E-state index is 0.628. The third kappa shape index (κ3) is 10.4. The number of furan rings is 1. The number of rotatable bonds is 9. The van der Waals surface area contributed by atoms with Crippen molar-refractivity contribution in [1.82, 2.24) is 29.9 Å². The Labute approximate surface area is 749 Å². The number of benzene rings is 18. The predicted octanol–water partition coefficient (Wildman–Crippen LogP) is 30.9. The standard InChI is InChI=1S/C120H68N6O3S/c1-3-26-73(27-4-1)117-123-97(67-100(125-117)82-37-25-50-106-108(82)85-34-10-18-46-102(85)127-106)69-54-58-72(59-55-69)114-87-62-64-93-111(79-31-7-12-39-88(79)119(93)90-41-14-19-47-103(90)128-104-48-20-15-42-91(104)119)110(87)83-61-60-75(66-99(83)122-114)76-35-24-44-95-115(76)129-105-49-21-16-43-92(105)120(95)89-40-13-8-32-80(89)112-94(120)65-63-86-109(112)81-33-9-17-45-96(81)121-113(86)71-56-52-70(53-57-71)98-68-101(126-118(124-98)74-28-5-2-6-29-74)84-38-23-36-78-77-30-11-22-51-107(77)130-116(78)84/h1-68H. The van der Waals surface area contributed by atoms with Gasteiger partial charge in [0.2, 0.25) is 0 Å². The molecule has 0 saturated carbocycles. The monoisotopic (exact) mass is 1670 g/mol. The van der Waals surface area contributed by atoms with E-state index in [-0.39, 0.29) is 0 Å². The van der Waals surface area contributed by atoms with Gasteiger partial charge in [-0.05, 0) is 111 Å². The van der Waals surface area contributed by atoms with Crippen LogP contribution < -0.4 is 9.47 Å². The first-order valence-electron chi connectivity index (χ1n) is 44.1. The van der Waals surface area contributed by atoms with E-state index in [1.54, 1.807) is 0 Å². The summed E-state index contributed by atoms with van der Waals surface area (Å²) in [6.45, 7) is 0. The van der Waals surface area contributed by atoms with Crippen molar-refractivity contribution < 1.29 is 13.9 Å². The van der Waals surface area contributed by atoms with E-state index in [4.69, 9.17) is 43.8 Å². The molecule has 18 aromatic carbocycles. The third-order valence-electron chi connectivity index (χ3n) is 27.7. The molecule has 2 aliphatic carbocycles. The van der Waals surface area contributed by atoms with Crippen LogP contribution in [-0.2, 0) is 10.8 Å². The molecular formula is C120H68N6O3S. The molecule has 9 nitrogen and oxygen atoms in total. The van der Waals surface area contributed by atoms with Crippen molar-refractivity contribution in [3.05, 3.63) is 457 Å². The molecule has 0 N–H and O–H groups in total.